The van der Waals surface area contributed by atoms with E-state index in [4.69, 9.17) is 0 Å². The Hall–Kier alpha value is -3.21. The van der Waals surface area contributed by atoms with E-state index in [0.717, 1.165) is 21.4 Å². The van der Waals surface area contributed by atoms with Crippen molar-refractivity contribution in [3.8, 4) is 0 Å². The van der Waals surface area contributed by atoms with Crippen LogP contribution in [0.15, 0.2) is 65.5 Å². The number of carbonyl (C=O) groups is 1. The molecule has 1 amide bonds. The first kappa shape index (κ1) is 17.6. The van der Waals surface area contributed by atoms with Gasteiger partial charge in [-0.15, -0.1) is 0 Å². The molecular weight excluding hydrogens is 326 g/mol. The standard InChI is InChI=1S/C21H21N3O2/c1-14-9-10-17(13-15(14)2)20(16-7-5-4-6-8-16)22-21(26)18-11-12-19(25)24(3)23-18/h4-13,20H,1-3H3,(H,22,26)/t20-/m0/s1. The molecule has 0 saturated carbocycles. The second-order valence-electron chi connectivity index (χ2n) is 6.34. The predicted octanol–water partition coefficient (Wildman–Crippen LogP) is 2.92. The summed E-state index contributed by atoms with van der Waals surface area (Å²) in [6, 6.07) is 18.4. The third kappa shape index (κ3) is 3.72. The molecule has 0 aliphatic carbocycles. The lowest BCUT2D eigenvalue weighted by Gasteiger charge is -2.20. The first-order valence-electron chi connectivity index (χ1n) is 8.43. The van der Waals surface area contributed by atoms with Crippen LogP contribution in [-0.2, 0) is 7.05 Å². The molecule has 1 heterocycles. The van der Waals surface area contributed by atoms with Gasteiger partial charge in [-0.2, -0.15) is 5.10 Å². The van der Waals surface area contributed by atoms with Crippen LogP contribution in [0.1, 0.15) is 38.8 Å². The fraction of sp³-hybridized carbons (Fsp3) is 0.190. The first-order chi connectivity index (χ1) is 12.5. The SMILES string of the molecule is Cc1ccc([C@@H](NC(=O)c2ccc(=O)n(C)n2)c2ccccc2)cc1C. The molecule has 26 heavy (non-hydrogen) atoms. The van der Waals surface area contributed by atoms with Crippen LogP contribution in [0.2, 0.25) is 0 Å². The van der Waals surface area contributed by atoms with Gasteiger partial charge in [-0.3, -0.25) is 9.59 Å². The molecule has 5 heteroatoms. The Balaban J connectivity index is 1.98. The van der Waals surface area contributed by atoms with E-state index < -0.39 is 0 Å². The molecule has 0 bridgehead atoms. The summed E-state index contributed by atoms with van der Waals surface area (Å²) < 4.78 is 1.16. The van der Waals surface area contributed by atoms with E-state index in [1.807, 2.05) is 36.4 Å². The van der Waals surface area contributed by atoms with E-state index in [1.165, 1.54) is 24.7 Å². The number of nitrogens with zero attached hydrogens (tertiary/aromatic N) is 2. The van der Waals surface area contributed by atoms with Gasteiger partial charge in [0, 0.05) is 13.1 Å². The van der Waals surface area contributed by atoms with E-state index in [0.29, 0.717) is 0 Å². The number of carbonyl (C=O) groups excluding carboxylic acids is 1. The van der Waals surface area contributed by atoms with E-state index in [2.05, 4.69) is 36.4 Å². The smallest absolute Gasteiger partial charge is 0.272 e. The summed E-state index contributed by atoms with van der Waals surface area (Å²) in [5, 5.41) is 7.08. The molecule has 0 spiro atoms. The van der Waals surface area contributed by atoms with Crippen LogP contribution in [0.25, 0.3) is 0 Å². The van der Waals surface area contributed by atoms with Crippen molar-refractivity contribution in [2.75, 3.05) is 0 Å². The fourth-order valence-electron chi connectivity index (χ4n) is 2.78. The van der Waals surface area contributed by atoms with Gasteiger partial charge in [0.2, 0.25) is 0 Å². The normalized spacial score (nSPS) is 11.8. The highest BCUT2D eigenvalue weighted by Crippen LogP contribution is 2.24. The number of hydrogen-bond acceptors (Lipinski definition) is 3. The van der Waals surface area contributed by atoms with Gasteiger partial charge in [-0.1, -0.05) is 48.5 Å². The zero-order valence-electron chi connectivity index (χ0n) is 15.1. The number of aromatic nitrogens is 2. The van der Waals surface area contributed by atoms with Crippen LogP contribution in [0, 0.1) is 13.8 Å². The summed E-state index contributed by atoms with van der Waals surface area (Å²) in [6.45, 7) is 4.11. The van der Waals surface area contributed by atoms with Gasteiger partial charge in [0.15, 0.2) is 0 Å². The molecule has 3 rings (SSSR count). The first-order valence-corrected chi connectivity index (χ1v) is 8.43. The molecule has 1 N–H and O–H groups in total. The quantitative estimate of drug-likeness (QED) is 0.789. The van der Waals surface area contributed by atoms with Crippen molar-refractivity contribution in [2.24, 2.45) is 7.05 Å². The highest BCUT2D eigenvalue weighted by Gasteiger charge is 2.19. The number of aryl methyl sites for hydroxylation is 3. The van der Waals surface area contributed by atoms with E-state index in [-0.39, 0.29) is 23.2 Å². The molecule has 1 atom stereocenters. The number of hydrogen-bond donors (Lipinski definition) is 1. The average molecular weight is 347 g/mol. The number of nitrogens with one attached hydrogen (secondary N) is 1. The molecule has 0 saturated heterocycles. The molecule has 1 aromatic heterocycles. The Morgan fingerprint density at radius 3 is 2.35 bits per heavy atom. The van der Waals surface area contributed by atoms with Crippen LogP contribution in [0.5, 0.6) is 0 Å². The fourth-order valence-corrected chi connectivity index (χ4v) is 2.78. The Morgan fingerprint density at radius 2 is 1.69 bits per heavy atom. The van der Waals surface area contributed by atoms with Gasteiger partial charge >= 0.3 is 0 Å². The minimum atomic E-state index is -0.326. The van der Waals surface area contributed by atoms with E-state index >= 15 is 0 Å². The monoisotopic (exact) mass is 347 g/mol. The van der Waals surface area contributed by atoms with Crippen molar-refractivity contribution in [3.63, 3.8) is 0 Å². The van der Waals surface area contributed by atoms with Gasteiger partial charge in [-0.05, 0) is 42.2 Å². The van der Waals surface area contributed by atoms with Crippen LogP contribution < -0.4 is 10.9 Å². The number of benzene rings is 2. The highest BCUT2D eigenvalue weighted by atomic mass is 16.2. The van der Waals surface area contributed by atoms with Gasteiger partial charge < -0.3 is 5.32 Å². The lowest BCUT2D eigenvalue weighted by molar-refractivity contribution is 0.0935. The van der Waals surface area contributed by atoms with E-state index in [9.17, 15) is 9.59 Å². The summed E-state index contributed by atoms with van der Waals surface area (Å²) in [4.78, 5) is 24.2. The molecule has 3 aromatic rings. The molecule has 0 unspecified atom stereocenters. The van der Waals surface area contributed by atoms with Crippen molar-refractivity contribution in [3.05, 3.63) is 99.0 Å². The second-order valence-corrected chi connectivity index (χ2v) is 6.34. The molecule has 0 aliphatic rings. The Morgan fingerprint density at radius 1 is 0.962 bits per heavy atom. The summed E-state index contributed by atoms with van der Waals surface area (Å²) >= 11 is 0. The van der Waals surface area contributed by atoms with Gasteiger partial charge in [0.1, 0.15) is 5.69 Å². The van der Waals surface area contributed by atoms with Crippen LogP contribution in [0.4, 0.5) is 0 Å². The Labute approximate surface area is 152 Å². The number of amides is 1. The number of rotatable bonds is 4. The topological polar surface area (TPSA) is 64.0 Å². The lowest BCUT2D eigenvalue weighted by Crippen LogP contribution is -2.32. The van der Waals surface area contributed by atoms with Crippen molar-refractivity contribution in [2.45, 2.75) is 19.9 Å². The maximum Gasteiger partial charge on any atom is 0.272 e. The lowest BCUT2D eigenvalue weighted by atomic mass is 9.95. The second kappa shape index (κ2) is 7.35. The molecule has 132 valence electrons. The maximum atomic E-state index is 12.7. The zero-order chi connectivity index (χ0) is 18.7. The minimum absolute atomic E-state index is 0.205. The summed E-state index contributed by atoms with van der Waals surface area (Å²) in [7, 11) is 1.52. The summed E-state index contributed by atoms with van der Waals surface area (Å²) in [6.07, 6.45) is 0. The van der Waals surface area contributed by atoms with E-state index in [1.54, 1.807) is 0 Å². The maximum absolute atomic E-state index is 12.7. The minimum Gasteiger partial charge on any atom is -0.340 e. The van der Waals surface area contributed by atoms with Crippen molar-refractivity contribution in [1.29, 1.82) is 0 Å². The zero-order valence-corrected chi connectivity index (χ0v) is 15.1. The summed E-state index contributed by atoms with van der Waals surface area (Å²) in [5.74, 6) is -0.326. The van der Waals surface area contributed by atoms with Crippen LogP contribution >= 0.6 is 0 Å². The van der Waals surface area contributed by atoms with Crippen molar-refractivity contribution >= 4 is 5.91 Å². The largest absolute Gasteiger partial charge is 0.340 e. The molecule has 2 aromatic carbocycles. The molecule has 5 nitrogen and oxygen atoms in total. The average Bonchev–Trinajstić information content (AvgIpc) is 2.65. The molecule has 0 aliphatic heterocycles. The predicted molar refractivity (Wildman–Crippen MR) is 101 cm³/mol. The van der Waals surface area contributed by atoms with Crippen molar-refractivity contribution in [1.82, 2.24) is 15.1 Å². The third-order valence-electron chi connectivity index (χ3n) is 4.47. The Kier molecular flexibility index (Phi) is 4.98. The van der Waals surface area contributed by atoms with Gasteiger partial charge in [-0.25, -0.2) is 4.68 Å². The molecular formula is C21H21N3O2. The van der Waals surface area contributed by atoms with Gasteiger partial charge in [0.25, 0.3) is 11.5 Å². The van der Waals surface area contributed by atoms with Crippen LogP contribution in [0.3, 0.4) is 0 Å². The Bertz CT molecular complexity index is 994. The van der Waals surface area contributed by atoms with Gasteiger partial charge in [0.05, 0.1) is 6.04 Å². The van der Waals surface area contributed by atoms with Crippen LogP contribution in [-0.4, -0.2) is 15.7 Å². The molecule has 0 fully saturated rings. The summed E-state index contributed by atoms with van der Waals surface area (Å²) in [5.41, 5.74) is 4.29. The molecule has 0 radical (unpaired) electrons. The highest BCUT2D eigenvalue weighted by molar-refractivity contribution is 5.92. The van der Waals surface area contributed by atoms with Crippen molar-refractivity contribution < 1.29 is 4.79 Å². The third-order valence-corrected chi connectivity index (χ3v) is 4.47.